The number of rotatable bonds is 6. The highest BCUT2D eigenvalue weighted by Gasteiger charge is 2.14. The predicted molar refractivity (Wildman–Crippen MR) is 77.6 cm³/mol. The lowest BCUT2D eigenvalue weighted by Gasteiger charge is -2.21. The van der Waals surface area contributed by atoms with E-state index in [1.54, 1.807) is 0 Å². The molecule has 17 heavy (non-hydrogen) atoms. The van der Waals surface area contributed by atoms with Crippen LogP contribution in [0.3, 0.4) is 0 Å². The molecule has 3 heteroatoms. The molecule has 0 spiro atoms. The van der Waals surface area contributed by atoms with Crippen molar-refractivity contribution in [1.82, 2.24) is 5.43 Å². The van der Waals surface area contributed by atoms with E-state index in [1.807, 2.05) is 0 Å². The van der Waals surface area contributed by atoms with E-state index in [1.165, 1.54) is 24.0 Å². The minimum atomic E-state index is 0.253. The van der Waals surface area contributed by atoms with Crippen molar-refractivity contribution in [2.75, 3.05) is 0 Å². The number of hydrogen-bond donors (Lipinski definition) is 2. The first-order chi connectivity index (χ1) is 8.08. The number of halogens is 1. The van der Waals surface area contributed by atoms with Gasteiger partial charge in [-0.15, -0.1) is 0 Å². The molecule has 0 aromatic heterocycles. The van der Waals surface area contributed by atoms with Crippen LogP contribution in [0.2, 0.25) is 0 Å². The molecular formula is C14H23BrN2. The van der Waals surface area contributed by atoms with Gasteiger partial charge in [-0.25, -0.2) is 0 Å². The van der Waals surface area contributed by atoms with Crippen molar-refractivity contribution in [3.05, 3.63) is 33.8 Å². The second kappa shape index (κ2) is 7.14. The van der Waals surface area contributed by atoms with Gasteiger partial charge in [0.15, 0.2) is 0 Å². The minimum absolute atomic E-state index is 0.253. The van der Waals surface area contributed by atoms with E-state index in [-0.39, 0.29) is 6.04 Å². The van der Waals surface area contributed by atoms with Crippen LogP contribution in [-0.4, -0.2) is 0 Å². The molecule has 2 unspecified atom stereocenters. The number of benzene rings is 1. The van der Waals surface area contributed by atoms with Crippen molar-refractivity contribution in [3.8, 4) is 0 Å². The van der Waals surface area contributed by atoms with Gasteiger partial charge in [0.05, 0.1) is 0 Å². The molecule has 3 N–H and O–H groups in total. The third-order valence-corrected chi connectivity index (χ3v) is 4.09. The monoisotopic (exact) mass is 298 g/mol. The molecule has 0 radical (unpaired) electrons. The van der Waals surface area contributed by atoms with Crippen molar-refractivity contribution in [2.24, 2.45) is 11.8 Å². The second-order valence-corrected chi connectivity index (χ2v) is 5.71. The molecule has 2 nitrogen and oxygen atoms in total. The van der Waals surface area contributed by atoms with Gasteiger partial charge in [0.1, 0.15) is 0 Å². The van der Waals surface area contributed by atoms with Crippen LogP contribution in [0.1, 0.15) is 50.3 Å². The van der Waals surface area contributed by atoms with E-state index in [9.17, 15) is 0 Å². The number of nitrogens with one attached hydrogen (secondary N) is 1. The van der Waals surface area contributed by atoms with Crippen molar-refractivity contribution in [3.63, 3.8) is 0 Å². The molecule has 0 aliphatic carbocycles. The van der Waals surface area contributed by atoms with Gasteiger partial charge in [-0.3, -0.25) is 11.3 Å². The summed E-state index contributed by atoms with van der Waals surface area (Å²) in [4.78, 5) is 0. The fourth-order valence-electron chi connectivity index (χ4n) is 2.20. The Labute approximate surface area is 113 Å². The molecular weight excluding hydrogens is 276 g/mol. The highest BCUT2D eigenvalue weighted by atomic mass is 79.9. The summed E-state index contributed by atoms with van der Waals surface area (Å²) in [7, 11) is 0. The highest BCUT2D eigenvalue weighted by molar-refractivity contribution is 9.10. The number of nitrogens with two attached hydrogens (primary N) is 1. The zero-order chi connectivity index (χ0) is 12.8. The molecule has 2 atom stereocenters. The molecule has 0 heterocycles. The molecule has 0 aliphatic heterocycles. The van der Waals surface area contributed by atoms with Crippen LogP contribution >= 0.6 is 15.9 Å². The maximum absolute atomic E-state index is 5.68. The molecule has 1 aromatic carbocycles. The lowest BCUT2D eigenvalue weighted by Crippen LogP contribution is -2.29. The van der Waals surface area contributed by atoms with Crippen LogP contribution in [0.15, 0.2) is 22.7 Å². The second-order valence-electron chi connectivity index (χ2n) is 4.86. The summed E-state index contributed by atoms with van der Waals surface area (Å²) in [5, 5.41) is 0. The minimum Gasteiger partial charge on any atom is -0.271 e. The molecule has 96 valence electrons. The van der Waals surface area contributed by atoms with Crippen molar-refractivity contribution < 1.29 is 0 Å². The first kappa shape index (κ1) is 14.7. The molecule has 0 amide bonds. The van der Waals surface area contributed by atoms with Gasteiger partial charge >= 0.3 is 0 Å². The molecule has 0 saturated heterocycles. The SMILES string of the molecule is CCCC(C)CC(NN)c1ccc(Br)c(C)c1. The summed E-state index contributed by atoms with van der Waals surface area (Å²) in [6.07, 6.45) is 3.58. The summed E-state index contributed by atoms with van der Waals surface area (Å²) in [6, 6.07) is 6.69. The molecule has 1 rings (SSSR count). The average molecular weight is 299 g/mol. The fourth-order valence-corrected chi connectivity index (χ4v) is 2.44. The topological polar surface area (TPSA) is 38.0 Å². The maximum atomic E-state index is 5.68. The van der Waals surface area contributed by atoms with Gasteiger partial charge in [0, 0.05) is 10.5 Å². The standard InChI is InChI=1S/C14H23BrN2/c1-4-5-10(2)8-14(17-16)12-6-7-13(15)11(3)9-12/h6-7,9-10,14,17H,4-5,8,16H2,1-3H3. The first-order valence-corrected chi connectivity index (χ1v) is 7.10. The van der Waals surface area contributed by atoms with Gasteiger partial charge in [-0.2, -0.15) is 0 Å². The van der Waals surface area contributed by atoms with Crippen LogP contribution in [0.5, 0.6) is 0 Å². The van der Waals surface area contributed by atoms with E-state index in [2.05, 4.69) is 60.3 Å². The lowest BCUT2D eigenvalue weighted by atomic mass is 9.93. The van der Waals surface area contributed by atoms with Crippen molar-refractivity contribution in [1.29, 1.82) is 0 Å². The zero-order valence-corrected chi connectivity index (χ0v) is 12.5. The van der Waals surface area contributed by atoms with E-state index >= 15 is 0 Å². The first-order valence-electron chi connectivity index (χ1n) is 6.30. The van der Waals surface area contributed by atoms with Crippen LogP contribution in [0.4, 0.5) is 0 Å². The predicted octanol–water partition coefficient (Wildman–Crippen LogP) is 4.09. The summed E-state index contributed by atoms with van der Waals surface area (Å²) in [6.45, 7) is 6.63. The third kappa shape index (κ3) is 4.41. The normalized spacial score (nSPS) is 14.6. The van der Waals surface area contributed by atoms with Gasteiger partial charge in [0.2, 0.25) is 0 Å². The number of hydrazine groups is 1. The van der Waals surface area contributed by atoms with Crippen LogP contribution in [-0.2, 0) is 0 Å². The third-order valence-electron chi connectivity index (χ3n) is 3.21. The summed E-state index contributed by atoms with van der Waals surface area (Å²) in [5.74, 6) is 6.37. The average Bonchev–Trinajstić information content (AvgIpc) is 2.30. The summed E-state index contributed by atoms with van der Waals surface area (Å²) < 4.78 is 1.15. The fraction of sp³-hybridized carbons (Fsp3) is 0.571. The highest BCUT2D eigenvalue weighted by Crippen LogP contribution is 2.26. The number of aryl methyl sites for hydroxylation is 1. The van der Waals surface area contributed by atoms with Gasteiger partial charge in [-0.05, 0) is 36.5 Å². The Morgan fingerprint density at radius 3 is 2.65 bits per heavy atom. The Morgan fingerprint density at radius 2 is 2.12 bits per heavy atom. The van der Waals surface area contributed by atoms with E-state index in [0.29, 0.717) is 5.92 Å². The van der Waals surface area contributed by atoms with Gasteiger partial charge < -0.3 is 0 Å². The maximum Gasteiger partial charge on any atom is 0.0462 e. The Hall–Kier alpha value is -0.380. The molecule has 0 saturated carbocycles. The van der Waals surface area contributed by atoms with Crippen LogP contribution in [0, 0.1) is 12.8 Å². The Balaban J connectivity index is 2.75. The summed E-state index contributed by atoms with van der Waals surface area (Å²) >= 11 is 3.52. The van der Waals surface area contributed by atoms with E-state index < -0.39 is 0 Å². The largest absolute Gasteiger partial charge is 0.271 e. The van der Waals surface area contributed by atoms with E-state index in [4.69, 9.17) is 5.84 Å². The zero-order valence-electron chi connectivity index (χ0n) is 11.0. The molecule has 1 aromatic rings. The summed E-state index contributed by atoms with van der Waals surface area (Å²) in [5.41, 5.74) is 5.47. The Morgan fingerprint density at radius 1 is 1.41 bits per heavy atom. The van der Waals surface area contributed by atoms with Crippen molar-refractivity contribution >= 4 is 15.9 Å². The van der Waals surface area contributed by atoms with Crippen LogP contribution < -0.4 is 11.3 Å². The van der Waals surface area contributed by atoms with Gasteiger partial charge in [0.25, 0.3) is 0 Å². The Kier molecular flexibility index (Phi) is 6.17. The Bertz CT molecular complexity index is 352. The van der Waals surface area contributed by atoms with Crippen molar-refractivity contribution in [2.45, 2.75) is 46.1 Å². The lowest BCUT2D eigenvalue weighted by molar-refractivity contribution is 0.394. The van der Waals surface area contributed by atoms with E-state index in [0.717, 1.165) is 10.9 Å². The quantitative estimate of drug-likeness (QED) is 0.613. The smallest absolute Gasteiger partial charge is 0.0462 e. The van der Waals surface area contributed by atoms with Gasteiger partial charge in [-0.1, -0.05) is 54.8 Å². The molecule has 0 fully saturated rings. The number of hydrogen-bond acceptors (Lipinski definition) is 2. The molecule has 0 bridgehead atoms. The molecule has 0 aliphatic rings. The van der Waals surface area contributed by atoms with Crippen LogP contribution in [0.25, 0.3) is 0 Å².